The van der Waals surface area contributed by atoms with Crippen LogP contribution in [-0.4, -0.2) is 46.4 Å². The lowest BCUT2D eigenvalue weighted by Gasteiger charge is -2.52. The molecule has 1 amide bonds. The highest BCUT2D eigenvalue weighted by atomic mass is 16.8. The first-order valence-electron chi connectivity index (χ1n) is 9.21. The molecule has 0 aliphatic carbocycles. The number of rotatable bonds is 4. The van der Waals surface area contributed by atoms with Gasteiger partial charge in [0.2, 0.25) is 0 Å². The number of amides is 1. The summed E-state index contributed by atoms with van der Waals surface area (Å²) in [4.78, 5) is 20.9. The lowest BCUT2D eigenvalue weighted by atomic mass is 9.82. The Balaban J connectivity index is 1.70. The molecule has 0 spiro atoms. The first kappa shape index (κ1) is 18.4. The van der Waals surface area contributed by atoms with E-state index in [0.29, 0.717) is 19.7 Å². The zero-order chi connectivity index (χ0) is 18.1. The molecule has 25 heavy (non-hydrogen) atoms. The largest absolute Gasteiger partial charge is 0.341 e. The molecular weight excluding hydrogens is 316 g/mol. The molecule has 5 heteroatoms. The lowest BCUT2D eigenvalue weighted by molar-refractivity contribution is -0.349. The molecular formula is C20H30N2O3. The monoisotopic (exact) mass is 346 g/mol. The molecule has 0 saturated carbocycles. The van der Waals surface area contributed by atoms with Crippen LogP contribution in [0.3, 0.4) is 0 Å². The minimum absolute atomic E-state index is 0.0905. The first-order chi connectivity index (χ1) is 11.8. The number of nitrogens with zero attached hydrogens (tertiary/aromatic N) is 2. The van der Waals surface area contributed by atoms with Gasteiger partial charge >= 0.3 is 0 Å². The van der Waals surface area contributed by atoms with Crippen LogP contribution < -0.4 is 0 Å². The van der Waals surface area contributed by atoms with Crippen LogP contribution in [0.25, 0.3) is 0 Å². The van der Waals surface area contributed by atoms with Crippen LogP contribution in [-0.2, 0) is 20.9 Å². The molecule has 0 aromatic heterocycles. The van der Waals surface area contributed by atoms with E-state index in [1.807, 2.05) is 40.3 Å². The SMILES string of the molecule is CC1(C)CCCC(C)(C)N1OC1OCCN(Cc2ccccc2)C1=O. The molecule has 3 rings (SSSR count). The number of piperidine rings is 1. The van der Waals surface area contributed by atoms with Gasteiger partial charge in [-0.1, -0.05) is 30.3 Å². The predicted octanol–water partition coefficient (Wildman–Crippen LogP) is 3.35. The van der Waals surface area contributed by atoms with Gasteiger partial charge in [-0.2, -0.15) is 5.06 Å². The van der Waals surface area contributed by atoms with Gasteiger partial charge in [-0.05, 0) is 52.5 Å². The number of benzene rings is 1. The van der Waals surface area contributed by atoms with Gasteiger partial charge in [-0.25, -0.2) is 0 Å². The van der Waals surface area contributed by atoms with Crippen molar-refractivity contribution in [3.63, 3.8) is 0 Å². The minimum atomic E-state index is -0.853. The zero-order valence-electron chi connectivity index (χ0n) is 15.8. The quantitative estimate of drug-likeness (QED) is 0.838. The topological polar surface area (TPSA) is 42.0 Å². The van der Waals surface area contributed by atoms with Crippen molar-refractivity contribution in [2.24, 2.45) is 0 Å². The maximum absolute atomic E-state index is 12.9. The van der Waals surface area contributed by atoms with Crippen molar-refractivity contribution in [3.05, 3.63) is 35.9 Å². The van der Waals surface area contributed by atoms with Gasteiger partial charge in [0.25, 0.3) is 12.2 Å². The summed E-state index contributed by atoms with van der Waals surface area (Å²) in [5, 5.41) is 2.00. The van der Waals surface area contributed by atoms with Crippen LogP contribution >= 0.6 is 0 Å². The third kappa shape index (κ3) is 4.05. The van der Waals surface area contributed by atoms with Gasteiger partial charge in [-0.3, -0.25) is 9.63 Å². The van der Waals surface area contributed by atoms with Crippen LogP contribution in [0, 0.1) is 0 Å². The van der Waals surface area contributed by atoms with Crippen LogP contribution in [0.5, 0.6) is 0 Å². The Morgan fingerprint density at radius 3 is 2.40 bits per heavy atom. The third-order valence-corrected chi connectivity index (χ3v) is 5.24. The number of carbonyl (C=O) groups is 1. The van der Waals surface area contributed by atoms with E-state index in [1.165, 1.54) is 6.42 Å². The van der Waals surface area contributed by atoms with E-state index in [9.17, 15) is 4.79 Å². The molecule has 2 heterocycles. The van der Waals surface area contributed by atoms with Crippen LogP contribution in [0.2, 0.25) is 0 Å². The molecule has 5 nitrogen and oxygen atoms in total. The first-order valence-corrected chi connectivity index (χ1v) is 9.21. The summed E-state index contributed by atoms with van der Waals surface area (Å²) in [6, 6.07) is 10.0. The zero-order valence-corrected chi connectivity index (χ0v) is 15.8. The van der Waals surface area contributed by atoms with Gasteiger partial charge in [0.1, 0.15) is 0 Å². The number of carbonyl (C=O) groups excluding carboxylic acids is 1. The summed E-state index contributed by atoms with van der Waals surface area (Å²) in [7, 11) is 0. The fourth-order valence-electron chi connectivity index (χ4n) is 3.99. The summed E-state index contributed by atoms with van der Waals surface area (Å²) in [5.74, 6) is -0.0905. The average molecular weight is 346 g/mol. The second-order valence-electron chi connectivity index (χ2n) is 8.33. The normalized spacial score (nSPS) is 26.6. The fourth-order valence-corrected chi connectivity index (χ4v) is 3.99. The van der Waals surface area contributed by atoms with E-state index in [4.69, 9.17) is 9.57 Å². The predicted molar refractivity (Wildman–Crippen MR) is 96.5 cm³/mol. The van der Waals surface area contributed by atoms with E-state index in [1.54, 1.807) is 0 Å². The Bertz CT molecular complexity index is 584. The number of morpholine rings is 1. The van der Waals surface area contributed by atoms with E-state index < -0.39 is 6.29 Å². The second-order valence-corrected chi connectivity index (χ2v) is 8.33. The fraction of sp³-hybridized carbons (Fsp3) is 0.650. The van der Waals surface area contributed by atoms with Gasteiger partial charge in [0.05, 0.1) is 6.61 Å². The molecule has 0 bridgehead atoms. The Morgan fingerprint density at radius 1 is 1.12 bits per heavy atom. The molecule has 1 aromatic rings. The summed E-state index contributed by atoms with van der Waals surface area (Å²) in [5.41, 5.74) is 0.885. The number of hydrogen-bond donors (Lipinski definition) is 0. The molecule has 1 aromatic carbocycles. The molecule has 2 fully saturated rings. The molecule has 1 unspecified atom stereocenters. The van der Waals surface area contributed by atoms with E-state index in [-0.39, 0.29) is 17.0 Å². The molecule has 2 aliphatic heterocycles. The van der Waals surface area contributed by atoms with Gasteiger partial charge < -0.3 is 9.64 Å². The van der Waals surface area contributed by atoms with Crippen molar-refractivity contribution in [1.82, 2.24) is 9.96 Å². The van der Waals surface area contributed by atoms with Crippen molar-refractivity contribution in [3.8, 4) is 0 Å². The van der Waals surface area contributed by atoms with E-state index >= 15 is 0 Å². The molecule has 2 aliphatic rings. The molecule has 0 N–H and O–H groups in total. The maximum atomic E-state index is 12.9. The Labute approximate surface area is 150 Å². The van der Waals surface area contributed by atoms with Crippen molar-refractivity contribution in [1.29, 1.82) is 0 Å². The standard InChI is InChI=1S/C20H30N2O3/c1-19(2)11-8-12-20(3,4)22(19)25-18-17(23)21(13-14-24-18)15-16-9-6-5-7-10-16/h5-7,9-10,18H,8,11-15H2,1-4H3. The molecule has 0 radical (unpaired) electrons. The summed E-state index contributed by atoms with van der Waals surface area (Å²) in [6.07, 6.45) is 2.41. The summed E-state index contributed by atoms with van der Waals surface area (Å²) in [6.45, 7) is 10.4. The van der Waals surface area contributed by atoms with Crippen molar-refractivity contribution >= 4 is 5.91 Å². The highest BCUT2D eigenvalue weighted by Crippen LogP contribution is 2.39. The summed E-state index contributed by atoms with van der Waals surface area (Å²) >= 11 is 0. The smallest absolute Gasteiger partial charge is 0.281 e. The van der Waals surface area contributed by atoms with Crippen LogP contribution in [0.15, 0.2) is 30.3 Å². The second kappa shape index (κ2) is 7.06. The van der Waals surface area contributed by atoms with Gasteiger partial charge in [0.15, 0.2) is 0 Å². The molecule has 2 saturated heterocycles. The van der Waals surface area contributed by atoms with Crippen LogP contribution in [0.1, 0.15) is 52.5 Å². The van der Waals surface area contributed by atoms with Crippen LogP contribution in [0.4, 0.5) is 0 Å². The van der Waals surface area contributed by atoms with Crippen molar-refractivity contribution in [2.75, 3.05) is 13.2 Å². The molecule has 138 valence electrons. The highest BCUT2D eigenvalue weighted by molar-refractivity contribution is 5.80. The third-order valence-electron chi connectivity index (χ3n) is 5.24. The number of hydroxylamine groups is 2. The highest BCUT2D eigenvalue weighted by Gasteiger charge is 2.45. The average Bonchev–Trinajstić information content (AvgIpc) is 2.55. The van der Waals surface area contributed by atoms with E-state index in [2.05, 4.69) is 27.7 Å². The minimum Gasteiger partial charge on any atom is -0.341 e. The molecule has 1 atom stereocenters. The van der Waals surface area contributed by atoms with Gasteiger partial charge in [-0.15, -0.1) is 0 Å². The Hall–Kier alpha value is -1.43. The maximum Gasteiger partial charge on any atom is 0.281 e. The number of ether oxygens (including phenoxy) is 1. The van der Waals surface area contributed by atoms with E-state index in [0.717, 1.165) is 18.4 Å². The van der Waals surface area contributed by atoms with Crippen molar-refractivity contribution < 1.29 is 14.4 Å². The Morgan fingerprint density at radius 2 is 1.76 bits per heavy atom. The van der Waals surface area contributed by atoms with Crippen molar-refractivity contribution in [2.45, 2.75) is 70.9 Å². The van der Waals surface area contributed by atoms with Gasteiger partial charge in [0, 0.05) is 24.2 Å². The summed E-state index contributed by atoms with van der Waals surface area (Å²) < 4.78 is 5.69. The lowest BCUT2D eigenvalue weighted by Crippen LogP contribution is -2.61. The number of hydrogen-bond acceptors (Lipinski definition) is 4. The Kier molecular flexibility index (Phi) is 5.19.